The molecule has 0 saturated carbocycles. The van der Waals surface area contributed by atoms with Crippen molar-refractivity contribution in [2.75, 3.05) is 11.1 Å². The van der Waals surface area contributed by atoms with Gasteiger partial charge in [-0.3, -0.25) is 9.59 Å². The van der Waals surface area contributed by atoms with Crippen LogP contribution in [0.3, 0.4) is 0 Å². The fourth-order valence-corrected chi connectivity index (χ4v) is 4.17. The number of carbonyl (C=O) groups is 2. The molecule has 0 saturated heterocycles. The second kappa shape index (κ2) is 9.72. The lowest BCUT2D eigenvalue weighted by atomic mass is 10.3. The summed E-state index contributed by atoms with van der Waals surface area (Å²) in [7, 11) is 0. The molecule has 0 aliphatic rings. The lowest BCUT2D eigenvalue weighted by molar-refractivity contribution is -0.113. The molecule has 0 spiro atoms. The number of hydrogen-bond acceptors (Lipinski definition) is 8. The normalized spacial score (nSPS) is 11.8. The van der Waals surface area contributed by atoms with Crippen molar-refractivity contribution in [3.63, 3.8) is 0 Å². The highest BCUT2D eigenvalue weighted by atomic mass is 32.2. The fourth-order valence-electron chi connectivity index (χ4n) is 2.58. The number of nitrogens with zero attached hydrogens (tertiary/aromatic N) is 4. The first-order valence-electron chi connectivity index (χ1n) is 9.14. The number of carbonyl (C=O) groups excluding carboxylic acids is 2. The van der Waals surface area contributed by atoms with Gasteiger partial charge in [-0.05, 0) is 32.9 Å². The van der Waals surface area contributed by atoms with Gasteiger partial charge in [-0.1, -0.05) is 17.8 Å². The highest BCUT2D eigenvalue weighted by Crippen LogP contribution is 2.23. The highest BCUT2D eigenvalue weighted by molar-refractivity contribution is 7.99. The quantitative estimate of drug-likeness (QED) is 0.382. The SMILES string of the molecule is C=CCn1c(SCC(=O)Nc2nc(C)c(C)s2)nnc1[C@H](C)NC(=O)c1ccco1. The topological polar surface area (TPSA) is 115 Å². The molecule has 0 aromatic carbocycles. The van der Waals surface area contributed by atoms with Gasteiger partial charge in [-0.25, -0.2) is 4.98 Å². The van der Waals surface area contributed by atoms with Gasteiger partial charge in [0.25, 0.3) is 5.91 Å². The van der Waals surface area contributed by atoms with E-state index < -0.39 is 6.04 Å². The molecule has 158 valence electrons. The monoisotopic (exact) mass is 446 g/mol. The zero-order valence-corrected chi connectivity index (χ0v) is 18.5. The number of thioether (sulfide) groups is 1. The summed E-state index contributed by atoms with van der Waals surface area (Å²) in [6, 6.07) is 2.81. The van der Waals surface area contributed by atoms with E-state index in [1.165, 1.54) is 29.4 Å². The molecule has 3 aromatic rings. The molecule has 1 atom stereocenters. The van der Waals surface area contributed by atoms with Gasteiger partial charge in [0.2, 0.25) is 5.91 Å². The Morgan fingerprint density at radius 2 is 2.20 bits per heavy atom. The Bertz CT molecular complexity index is 1020. The first-order valence-corrected chi connectivity index (χ1v) is 10.9. The first kappa shape index (κ1) is 21.8. The molecule has 0 radical (unpaired) electrons. The molecule has 0 unspecified atom stereocenters. The van der Waals surface area contributed by atoms with Crippen LogP contribution in [0, 0.1) is 13.8 Å². The van der Waals surface area contributed by atoms with Crippen molar-refractivity contribution in [3.8, 4) is 0 Å². The van der Waals surface area contributed by atoms with Crippen molar-refractivity contribution in [1.29, 1.82) is 0 Å². The van der Waals surface area contributed by atoms with Gasteiger partial charge in [0.15, 0.2) is 21.9 Å². The second-order valence-corrected chi connectivity index (χ2v) is 8.56. The number of furan rings is 1. The van der Waals surface area contributed by atoms with Crippen molar-refractivity contribution in [1.82, 2.24) is 25.1 Å². The maximum Gasteiger partial charge on any atom is 0.287 e. The predicted octanol–water partition coefficient (Wildman–Crippen LogP) is 3.35. The van der Waals surface area contributed by atoms with Crippen LogP contribution in [0.5, 0.6) is 0 Å². The Balaban J connectivity index is 1.65. The summed E-state index contributed by atoms with van der Waals surface area (Å²) in [5.74, 6) is 0.408. The van der Waals surface area contributed by atoms with Crippen LogP contribution < -0.4 is 10.6 Å². The number of thiazole rings is 1. The van der Waals surface area contributed by atoms with Crippen LogP contribution in [-0.2, 0) is 11.3 Å². The Morgan fingerprint density at radius 3 is 2.83 bits per heavy atom. The minimum absolute atomic E-state index is 0.153. The lowest BCUT2D eigenvalue weighted by Gasteiger charge is -2.14. The molecule has 2 amide bonds. The van der Waals surface area contributed by atoms with Gasteiger partial charge in [0.05, 0.1) is 23.8 Å². The Kier molecular flexibility index (Phi) is 7.06. The molecule has 0 fully saturated rings. The van der Waals surface area contributed by atoms with Crippen LogP contribution in [0.25, 0.3) is 0 Å². The van der Waals surface area contributed by atoms with Crippen molar-refractivity contribution >= 4 is 40.0 Å². The molecular formula is C19H22N6O3S2. The van der Waals surface area contributed by atoms with Crippen molar-refractivity contribution in [2.45, 2.75) is 38.5 Å². The van der Waals surface area contributed by atoms with E-state index in [4.69, 9.17) is 4.42 Å². The van der Waals surface area contributed by atoms with E-state index in [0.29, 0.717) is 22.7 Å². The third-order valence-corrected chi connectivity index (χ3v) is 6.10. The smallest absolute Gasteiger partial charge is 0.287 e. The molecule has 3 heterocycles. The number of hydrogen-bond donors (Lipinski definition) is 2. The van der Waals surface area contributed by atoms with Crippen LogP contribution in [0.2, 0.25) is 0 Å². The Morgan fingerprint density at radius 1 is 1.40 bits per heavy atom. The van der Waals surface area contributed by atoms with Gasteiger partial charge >= 0.3 is 0 Å². The standard InChI is InChI=1S/C19H22N6O3S2/c1-5-8-25-16(12(3)20-17(27)14-7-6-9-28-14)23-24-19(25)29-10-15(26)22-18-21-11(2)13(4)30-18/h5-7,9,12H,1,8,10H2,2-4H3,(H,20,27)(H,21,22,26)/t12-/m0/s1. The van der Waals surface area contributed by atoms with Gasteiger partial charge in [-0.2, -0.15) is 0 Å². The number of aryl methyl sites for hydroxylation is 2. The zero-order chi connectivity index (χ0) is 21.7. The zero-order valence-electron chi connectivity index (χ0n) is 16.8. The molecule has 2 N–H and O–H groups in total. The van der Waals surface area contributed by atoms with Gasteiger partial charge in [0, 0.05) is 11.4 Å². The fraction of sp³-hybridized carbons (Fsp3) is 0.316. The lowest BCUT2D eigenvalue weighted by Crippen LogP contribution is -2.28. The summed E-state index contributed by atoms with van der Waals surface area (Å²) >= 11 is 2.70. The summed E-state index contributed by atoms with van der Waals surface area (Å²) in [6.07, 6.45) is 3.15. The number of nitrogens with one attached hydrogen (secondary N) is 2. The molecule has 0 aliphatic carbocycles. The van der Waals surface area contributed by atoms with Gasteiger partial charge in [-0.15, -0.1) is 28.1 Å². The third kappa shape index (κ3) is 5.16. The van der Waals surface area contributed by atoms with E-state index in [2.05, 4.69) is 32.4 Å². The van der Waals surface area contributed by atoms with E-state index in [9.17, 15) is 9.59 Å². The second-order valence-electron chi connectivity index (χ2n) is 6.41. The molecule has 9 nitrogen and oxygen atoms in total. The summed E-state index contributed by atoms with van der Waals surface area (Å²) in [4.78, 5) is 29.9. The van der Waals surface area contributed by atoms with E-state index in [1.54, 1.807) is 25.1 Å². The minimum Gasteiger partial charge on any atom is -0.459 e. The average molecular weight is 447 g/mol. The summed E-state index contributed by atoms with van der Waals surface area (Å²) in [5, 5.41) is 15.2. The van der Waals surface area contributed by atoms with Crippen molar-refractivity contribution in [3.05, 3.63) is 53.2 Å². The third-order valence-electron chi connectivity index (χ3n) is 4.14. The Hall–Kier alpha value is -2.92. The summed E-state index contributed by atoms with van der Waals surface area (Å²) < 4.78 is 6.93. The molecule has 3 aromatic heterocycles. The predicted molar refractivity (Wildman–Crippen MR) is 116 cm³/mol. The molecule has 0 aliphatic heterocycles. The van der Waals surface area contributed by atoms with E-state index in [0.717, 1.165) is 10.6 Å². The maximum absolute atomic E-state index is 12.3. The minimum atomic E-state index is -0.417. The van der Waals surface area contributed by atoms with Crippen molar-refractivity contribution < 1.29 is 14.0 Å². The Labute approximate surface area is 182 Å². The van der Waals surface area contributed by atoms with Gasteiger partial charge in [0.1, 0.15) is 0 Å². The molecular weight excluding hydrogens is 424 g/mol. The average Bonchev–Trinajstić information content (AvgIpc) is 3.42. The highest BCUT2D eigenvalue weighted by Gasteiger charge is 2.21. The number of aromatic nitrogens is 4. The van der Waals surface area contributed by atoms with Crippen LogP contribution in [0.4, 0.5) is 5.13 Å². The van der Waals surface area contributed by atoms with E-state index >= 15 is 0 Å². The molecule has 3 rings (SSSR count). The van der Waals surface area contributed by atoms with Gasteiger partial charge < -0.3 is 19.6 Å². The number of rotatable bonds is 9. The van der Waals surface area contributed by atoms with E-state index in [-0.39, 0.29) is 23.3 Å². The van der Waals surface area contributed by atoms with Crippen LogP contribution in [-0.4, -0.2) is 37.3 Å². The van der Waals surface area contributed by atoms with Crippen LogP contribution in [0.15, 0.2) is 40.6 Å². The number of amides is 2. The number of allylic oxidation sites excluding steroid dienone is 1. The van der Waals surface area contributed by atoms with E-state index in [1.807, 2.05) is 18.4 Å². The summed E-state index contributed by atoms with van der Waals surface area (Å²) in [6.45, 7) is 9.88. The number of anilines is 1. The van der Waals surface area contributed by atoms with Crippen molar-refractivity contribution in [2.24, 2.45) is 0 Å². The molecule has 0 bridgehead atoms. The first-order chi connectivity index (χ1) is 14.4. The molecule has 30 heavy (non-hydrogen) atoms. The summed E-state index contributed by atoms with van der Waals surface area (Å²) in [5.41, 5.74) is 0.906. The van der Waals surface area contributed by atoms with Crippen LogP contribution in [0.1, 0.15) is 39.9 Å². The molecule has 11 heteroatoms. The van der Waals surface area contributed by atoms with Crippen LogP contribution >= 0.6 is 23.1 Å². The largest absolute Gasteiger partial charge is 0.459 e. The maximum atomic E-state index is 12.3.